The van der Waals surface area contributed by atoms with Crippen molar-refractivity contribution < 1.29 is 14.6 Å². The number of rotatable bonds is 5. The lowest BCUT2D eigenvalue weighted by Crippen LogP contribution is -2.49. The highest BCUT2D eigenvalue weighted by Crippen LogP contribution is 2.33. The Morgan fingerprint density at radius 3 is 2.64 bits per heavy atom. The van der Waals surface area contributed by atoms with Crippen LogP contribution in [0.15, 0.2) is 41.3 Å². The van der Waals surface area contributed by atoms with Gasteiger partial charge in [0.2, 0.25) is 0 Å². The van der Waals surface area contributed by atoms with E-state index in [0.29, 0.717) is 11.4 Å². The number of carbonyl (C=O) groups is 1. The van der Waals surface area contributed by atoms with E-state index in [1.54, 1.807) is 18.2 Å². The highest BCUT2D eigenvalue weighted by atomic mass is 35.5. The van der Waals surface area contributed by atoms with Crippen molar-refractivity contribution in [1.82, 2.24) is 5.01 Å². The smallest absolute Gasteiger partial charge is 0.352 e. The number of benzene rings is 2. The topological polar surface area (TPSA) is 105 Å². The highest BCUT2D eigenvalue weighted by molar-refractivity contribution is 7.98. The Bertz CT molecular complexity index is 773. The SMILES string of the molecule is CSc1cccc(N(N)C(=O)N(C)N)c1COc1ccc(O)cc1Cl. The second-order valence-electron chi connectivity index (χ2n) is 5.12. The van der Waals surface area contributed by atoms with Crippen molar-refractivity contribution in [3.63, 3.8) is 0 Å². The normalized spacial score (nSPS) is 10.4. The Morgan fingerprint density at radius 1 is 1.32 bits per heavy atom. The van der Waals surface area contributed by atoms with Gasteiger partial charge in [0, 0.05) is 23.6 Å². The molecule has 0 aromatic heterocycles. The molecule has 2 rings (SSSR count). The summed E-state index contributed by atoms with van der Waals surface area (Å²) >= 11 is 7.56. The molecule has 134 valence electrons. The van der Waals surface area contributed by atoms with Gasteiger partial charge < -0.3 is 9.84 Å². The molecule has 0 heterocycles. The maximum absolute atomic E-state index is 12.1. The first-order valence-corrected chi connectivity index (χ1v) is 8.79. The number of anilines is 1. The van der Waals surface area contributed by atoms with Crippen molar-refractivity contribution in [3.05, 3.63) is 47.0 Å². The van der Waals surface area contributed by atoms with E-state index in [-0.39, 0.29) is 17.4 Å². The monoisotopic (exact) mass is 382 g/mol. The van der Waals surface area contributed by atoms with Crippen LogP contribution in [0.4, 0.5) is 10.5 Å². The van der Waals surface area contributed by atoms with Gasteiger partial charge in [0.05, 0.1) is 10.7 Å². The number of hydrazine groups is 2. The van der Waals surface area contributed by atoms with Gasteiger partial charge in [-0.15, -0.1) is 11.8 Å². The molecule has 9 heteroatoms. The van der Waals surface area contributed by atoms with E-state index >= 15 is 0 Å². The molecule has 0 aliphatic rings. The third-order valence-electron chi connectivity index (χ3n) is 3.38. The molecule has 0 bridgehead atoms. The van der Waals surface area contributed by atoms with E-state index < -0.39 is 6.03 Å². The number of aromatic hydroxyl groups is 1. The highest BCUT2D eigenvalue weighted by Gasteiger charge is 2.20. The number of nitrogens with zero attached hydrogens (tertiary/aromatic N) is 2. The van der Waals surface area contributed by atoms with Crippen LogP contribution in [-0.2, 0) is 6.61 Å². The number of carbonyl (C=O) groups excluding carboxylic acids is 1. The number of phenolic OH excluding ortho intramolecular Hbond substituents is 1. The third-order valence-corrected chi connectivity index (χ3v) is 4.50. The summed E-state index contributed by atoms with van der Waals surface area (Å²) in [5, 5.41) is 11.6. The minimum atomic E-state index is -0.567. The number of halogens is 1. The second-order valence-corrected chi connectivity index (χ2v) is 6.38. The largest absolute Gasteiger partial charge is 0.508 e. The van der Waals surface area contributed by atoms with Gasteiger partial charge in [-0.3, -0.25) is 5.01 Å². The van der Waals surface area contributed by atoms with E-state index in [2.05, 4.69) is 0 Å². The van der Waals surface area contributed by atoms with Gasteiger partial charge >= 0.3 is 6.03 Å². The lowest BCUT2D eigenvalue weighted by molar-refractivity contribution is 0.216. The first-order chi connectivity index (χ1) is 11.8. The first kappa shape index (κ1) is 19.2. The average molecular weight is 383 g/mol. The molecule has 0 fully saturated rings. The van der Waals surface area contributed by atoms with Crippen molar-refractivity contribution in [2.75, 3.05) is 18.3 Å². The number of hydrogen-bond acceptors (Lipinski definition) is 6. The first-order valence-electron chi connectivity index (χ1n) is 7.19. The van der Waals surface area contributed by atoms with E-state index in [4.69, 9.17) is 28.0 Å². The molecule has 7 nitrogen and oxygen atoms in total. The molecule has 0 atom stereocenters. The van der Waals surface area contributed by atoms with Crippen LogP contribution in [0, 0.1) is 0 Å². The summed E-state index contributed by atoms with van der Waals surface area (Å²) in [5.74, 6) is 11.9. The van der Waals surface area contributed by atoms with Gasteiger partial charge in [-0.05, 0) is 30.5 Å². The summed E-state index contributed by atoms with van der Waals surface area (Å²) in [5.41, 5.74) is 1.20. The molecule has 0 saturated heterocycles. The number of amides is 2. The van der Waals surface area contributed by atoms with Crippen molar-refractivity contribution >= 4 is 35.1 Å². The molecule has 0 aliphatic carbocycles. The summed E-state index contributed by atoms with van der Waals surface area (Å²) < 4.78 is 5.76. The van der Waals surface area contributed by atoms with E-state index in [1.807, 2.05) is 12.3 Å². The summed E-state index contributed by atoms with van der Waals surface area (Å²) in [6.45, 7) is 0.131. The van der Waals surface area contributed by atoms with Gasteiger partial charge in [0.1, 0.15) is 18.1 Å². The Kier molecular flexibility index (Phi) is 6.38. The van der Waals surface area contributed by atoms with Gasteiger partial charge in [0.15, 0.2) is 0 Å². The number of phenols is 1. The van der Waals surface area contributed by atoms with E-state index in [0.717, 1.165) is 20.5 Å². The van der Waals surface area contributed by atoms with Gasteiger partial charge in [0.25, 0.3) is 0 Å². The summed E-state index contributed by atoms with van der Waals surface area (Å²) in [6, 6.07) is 9.27. The minimum Gasteiger partial charge on any atom is -0.508 e. The Hall–Kier alpha value is -2.13. The average Bonchev–Trinajstić information content (AvgIpc) is 2.59. The van der Waals surface area contributed by atoms with Crippen LogP contribution < -0.4 is 21.4 Å². The second kappa shape index (κ2) is 8.30. The maximum atomic E-state index is 12.1. The molecular weight excluding hydrogens is 364 g/mol. The summed E-state index contributed by atoms with van der Waals surface area (Å²) in [4.78, 5) is 13.0. The number of hydrogen-bond donors (Lipinski definition) is 3. The summed E-state index contributed by atoms with van der Waals surface area (Å²) in [7, 11) is 1.41. The van der Waals surface area contributed by atoms with E-state index in [9.17, 15) is 9.90 Å². The Balaban J connectivity index is 2.33. The van der Waals surface area contributed by atoms with E-state index in [1.165, 1.54) is 30.9 Å². The fourth-order valence-corrected chi connectivity index (χ4v) is 3.00. The van der Waals surface area contributed by atoms with Gasteiger partial charge in [-0.2, -0.15) is 0 Å². The van der Waals surface area contributed by atoms with Crippen molar-refractivity contribution in [1.29, 1.82) is 0 Å². The molecule has 2 aromatic carbocycles. The zero-order valence-electron chi connectivity index (χ0n) is 13.8. The van der Waals surface area contributed by atoms with Crippen molar-refractivity contribution in [3.8, 4) is 11.5 Å². The maximum Gasteiger partial charge on any atom is 0.352 e. The number of ether oxygens (including phenoxy) is 1. The summed E-state index contributed by atoms with van der Waals surface area (Å²) in [6.07, 6.45) is 1.91. The van der Waals surface area contributed by atoms with Crippen molar-refractivity contribution in [2.45, 2.75) is 11.5 Å². The zero-order valence-corrected chi connectivity index (χ0v) is 15.3. The van der Waals surface area contributed by atoms with Crippen LogP contribution in [0.1, 0.15) is 5.56 Å². The number of nitrogens with two attached hydrogens (primary N) is 2. The number of thioether (sulfide) groups is 1. The van der Waals surface area contributed by atoms with Crippen molar-refractivity contribution in [2.24, 2.45) is 11.7 Å². The molecule has 5 N–H and O–H groups in total. The molecule has 0 unspecified atom stereocenters. The molecule has 25 heavy (non-hydrogen) atoms. The van der Waals surface area contributed by atoms with Crippen LogP contribution in [0.3, 0.4) is 0 Å². The van der Waals surface area contributed by atoms with Crippen LogP contribution in [0.2, 0.25) is 5.02 Å². The fourth-order valence-electron chi connectivity index (χ4n) is 2.15. The Morgan fingerprint density at radius 2 is 2.04 bits per heavy atom. The standard InChI is InChI=1S/C16H19ClN4O3S/c1-20(18)16(23)21(19)13-4-3-5-15(25-2)11(13)9-24-14-7-6-10(22)8-12(14)17/h3-8,22H,9,18-19H2,1-2H3. The minimum absolute atomic E-state index is 0.0484. The predicted molar refractivity (Wildman–Crippen MR) is 99.7 cm³/mol. The van der Waals surface area contributed by atoms with Crippen LogP contribution in [-0.4, -0.2) is 29.4 Å². The molecule has 2 aromatic rings. The Labute approximate surface area is 155 Å². The molecule has 0 saturated carbocycles. The predicted octanol–water partition coefficient (Wildman–Crippen LogP) is 2.95. The molecule has 0 radical (unpaired) electrons. The molecular formula is C16H19ClN4O3S. The van der Waals surface area contributed by atoms with Crippen LogP contribution >= 0.6 is 23.4 Å². The third kappa shape index (κ3) is 4.49. The zero-order chi connectivity index (χ0) is 18.6. The molecule has 0 spiro atoms. The van der Waals surface area contributed by atoms with Gasteiger partial charge in [-0.25, -0.2) is 21.5 Å². The quantitative estimate of drug-likeness (QED) is 0.318. The van der Waals surface area contributed by atoms with Gasteiger partial charge in [-0.1, -0.05) is 17.7 Å². The number of urea groups is 1. The lowest BCUT2D eigenvalue weighted by Gasteiger charge is -2.24. The lowest BCUT2D eigenvalue weighted by atomic mass is 10.2. The van der Waals surface area contributed by atoms with Crippen LogP contribution in [0.25, 0.3) is 0 Å². The molecule has 0 aliphatic heterocycles. The molecule has 2 amide bonds. The fraction of sp³-hybridized carbons (Fsp3) is 0.188. The van der Waals surface area contributed by atoms with Crippen LogP contribution in [0.5, 0.6) is 11.5 Å².